The number of halogens is 1. The van der Waals surface area contributed by atoms with Crippen LogP contribution in [0.1, 0.15) is 25.3 Å². The summed E-state index contributed by atoms with van der Waals surface area (Å²) in [5, 5.41) is 25.1. The largest absolute Gasteiger partial charge is 0.481 e. The highest BCUT2D eigenvalue weighted by atomic mass is 19.1. The molecule has 1 saturated carbocycles. The molecule has 7 heteroatoms. The average molecular weight is 333 g/mol. The maximum Gasteiger partial charge on any atom is 0.312 e. The molecule has 24 heavy (non-hydrogen) atoms. The van der Waals surface area contributed by atoms with E-state index in [0.29, 0.717) is 19.3 Å². The molecule has 2 N–H and O–H groups in total. The summed E-state index contributed by atoms with van der Waals surface area (Å²) >= 11 is 0. The van der Waals surface area contributed by atoms with Gasteiger partial charge in [-0.05, 0) is 49.8 Å². The average Bonchev–Trinajstić information content (AvgIpc) is 3.12. The van der Waals surface area contributed by atoms with E-state index in [4.69, 9.17) is 0 Å². The molecule has 1 fully saturated rings. The Bertz CT molecular complexity index is 719. The van der Waals surface area contributed by atoms with Crippen LogP contribution in [0.15, 0.2) is 36.9 Å². The van der Waals surface area contributed by atoms with E-state index in [9.17, 15) is 19.4 Å². The molecule has 128 valence electrons. The van der Waals surface area contributed by atoms with Gasteiger partial charge in [0.2, 0.25) is 0 Å². The molecule has 1 aliphatic carbocycles. The first kappa shape index (κ1) is 16.6. The quantitative estimate of drug-likeness (QED) is 0.872. The molecule has 0 amide bonds. The van der Waals surface area contributed by atoms with E-state index in [1.807, 2.05) is 0 Å². The van der Waals surface area contributed by atoms with Crippen molar-refractivity contribution in [2.24, 2.45) is 11.3 Å². The summed E-state index contributed by atoms with van der Waals surface area (Å²) in [6, 6.07) is 6.08. The minimum absolute atomic E-state index is 0.0572. The Morgan fingerprint density at radius 2 is 2.12 bits per heavy atom. The Morgan fingerprint density at radius 1 is 1.42 bits per heavy atom. The van der Waals surface area contributed by atoms with Crippen LogP contribution >= 0.6 is 0 Å². The standard InChI is InChI=1S/C17H20FN3O3/c1-16(15(22)23)7-6-13(8-12-2-4-14(18)5-3-12)17(16,24)9-21-11-19-10-20-21/h2-5,10-11,13,24H,6-9H2,1H3,(H,22,23)/t13-,16+,17+/m0/s1. The summed E-state index contributed by atoms with van der Waals surface area (Å²) in [6.07, 6.45) is 4.25. The van der Waals surface area contributed by atoms with Gasteiger partial charge in [-0.2, -0.15) is 5.10 Å². The first-order valence-corrected chi connectivity index (χ1v) is 7.88. The number of aliphatic carboxylic acids is 1. The van der Waals surface area contributed by atoms with Crippen LogP contribution in [-0.4, -0.2) is 36.5 Å². The van der Waals surface area contributed by atoms with Gasteiger partial charge >= 0.3 is 5.97 Å². The molecule has 0 radical (unpaired) electrons. The van der Waals surface area contributed by atoms with Gasteiger partial charge in [0, 0.05) is 0 Å². The molecule has 1 aromatic carbocycles. The van der Waals surface area contributed by atoms with Gasteiger partial charge < -0.3 is 10.2 Å². The summed E-state index contributed by atoms with van der Waals surface area (Å²) in [6.45, 7) is 1.64. The number of aliphatic hydroxyl groups is 1. The number of carboxylic acid groups (broad SMARTS) is 1. The van der Waals surface area contributed by atoms with Gasteiger partial charge in [-0.1, -0.05) is 12.1 Å². The van der Waals surface area contributed by atoms with Gasteiger partial charge in [0.25, 0.3) is 0 Å². The number of carboxylic acids is 1. The zero-order chi connectivity index (χ0) is 17.4. The summed E-state index contributed by atoms with van der Waals surface area (Å²) in [5.74, 6) is -1.61. The normalized spacial score (nSPS) is 29.7. The van der Waals surface area contributed by atoms with Crippen LogP contribution in [0.4, 0.5) is 4.39 Å². The molecule has 2 aromatic rings. The summed E-state index contributed by atoms with van der Waals surface area (Å²) in [4.78, 5) is 15.7. The molecule has 0 aliphatic heterocycles. The molecular formula is C17H20FN3O3. The van der Waals surface area contributed by atoms with Crippen molar-refractivity contribution in [2.75, 3.05) is 0 Å². The lowest BCUT2D eigenvalue weighted by atomic mass is 9.71. The Kier molecular flexibility index (Phi) is 4.13. The van der Waals surface area contributed by atoms with Crippen LogP contribution < -0.4 is 0 Å². The molecule has 1 heterocycles. The smallest absolute Gasteiger partial charge is 0.312 e. The SMILES string of the molecule is C[C@]1(C(=O)O)CC[C@@H](Cc2ccc(F)cc2)[C@]1(O)Cn1cncn1. The fourth-order valence-electron chi connectivity index (χ4n) is 3.70. The van der Waals surface area contributed by atoms with Crippen molar-refractivity contribution in [3.63, 3.8) is 0 Å². The molecule has 0 saturated heterocycles. The second-order valence-corrected chi connectivity index (χ2v) is 6.72. The van der Waals surface area contributed by atoms with Crippen molar-refractivity contribution in [2.45, 2.75) is 38.3 Å². The van der Waals surface area contributed by atoms with Crippen LogP contribution in [-0.2, 0) is 17.8 Å². The maximum absolute atomic E-state index is 13.1. The van der Waals surface area contributed by atoms with Gasteiger partial charge in [0.15, 0.2) is 0 Å². The lowest BCUT2D eigenvalue weighted by molar-refractivity contribution is -0.169. The number of aromatic nitrogens is 3. The highest BCUT2D eigenvalue weighted by molar-refractivity contribution is 5.76. The zero-order valence-electron chi connectivity index (χ0n) is 13.4. The van der Waals surface area contributed by atoms with Gasteiger partial charge in [0.05, 0.1) is 12.0 Å². The Morgan fingerprint density at radius 3 is 2.71 bits per heavy atom. The zero-order valence-corrected chi connectivity index (χ0v) is 13.4. The molecule has 0 bridgehead atoms. The first-order valence-electron chi connectivity index (χ1n) is 7.88. The topological polar surface area (TPSA) is 88.2 Å². The lowest BCUT2D eigenvalue weighted by Crippen LogP contribution is -2.54. The maximum atomic E-state index is 13.1. The number of nitrogens with zero attached hydrogens (tertiary/aromatic N) is 3. The van der Waals surface area contributed by atoms with Crippen molar-refractivity contribution >= 4 is 5.97 Å². The van der Waals surface area contributed by atoms with Gasteiger partial charge in [-0.15, -0.1) is 0 Å². The number of hydrogen-bond acceptors (Lipinski definition) is 4. The number of benzene rings is 1. The third kappa shape index (κ3) is 2.69. The van der Waals surface area contributed by atoms with E-state index in [1.54, 1.807) is 19.1 Å². The summed E-state index contributed by atoms with van der Waals surface area (Å²) in [7, 11) is 0. The van der Waals surface area contributed by atoms with Crippen LogP contribution in [0.3, 0.4) is 0 Å². The van der Waals surface area contributed by atoms with E-state index in [-0.39, 0.29) is 18.3 Å². The van der Waals surface area contributed by atoms with E-state index in [1.165, 1.54) is 29.5 Å². The number of carbonyl (C=O) groups is 1. The van der Waals surface area contributed by atoms with Crippen molar-refractivity contribution in [3.8, 4) is 0 Å². The monoisotopic (exact) mass is 333 g/mol. The molecule has 3 atom stereocenters. The van der Waals surface area contributed by atoms with Crippen molar-refractivity contribution in [3.05, 3.63) is 48.3 Å². The lowest BCUT2D eigenvalue weighted by Gasteiger charge is -2.40. The van der Waals surface area contributed by atoms with Crippen molar-refractivity contribution < 1.29 is 19.4 Å². The fraction of sp³-hybridized carbons (Fsp3) is 0.471. The second-order valence-electron chi connectivity index (χ2n) is 6.72. The van der Waals surface area contributed by atoms with Gasteiger partial charge in [0.1, 0.15) is 24.1 Å². The molecule has 3 rings (SSSR count). The predicted octanol–water partition coefficient (Wildman–Crippen LogP) is 1.89. The van der Waals surface area contributed by atoms with Crippen LogP contribution in [0, 0.1) is 17.2 Å². The highest BCUT2D eigenvalue weighted by Gasteiger charge is 2.61. The molecule has 1 aromatic heterocycles. The van der Waals surface area contributed by atoms with E-state index in [2.05, 4.69) is 10.1 Å². The van der Waals surface area contributed by atoms with Crippen molar-refractivity contribution in [1.82, 2.24) is 14.8 Å². The minimum Gasteiger partial charge on any atom is -0.481 e. The van der Waals surface area contributed by atoms with Crippen molar-refractivity contribution in [1.29, 1.82) is 0 Å². The summed E-state index contributed by atoms with van der Waals surface area (Å²) < 4.78 is 14.6. The number of hydrogen-bond donors (Lipinski definition) is 2. The summed E-state index contributed by atoms with van der Waals surface area (Å²) in [5.41, 5.74) is -1.88. The van der Waals surface area contributed by atoms with E-state index >= 15 is 0 Å². The minimum atomic E-state index is -1.47. The Labute approximate surface area is 139 Å². The fourth-order valence-corrected chi connectivity index (χ4v) is 3.70. The molecule has 6 nitrogen and oxygen atoms in total. The van der Waals surface area contributed by atoms with Gasteiger partial charge in [-0.3, -0.25) is 9.48 Å². The van der Waals surface area contributed by atoms with E-state index < -0.39 is 17.0 Å². The second kappa shape index (κ2) is 5.98. The predicted molar refractivity (Wildman–Crippen MR) is 83.5 cm³/mol. The Hall–Kier alpha value is -2.28. The molecule has 0 spiro atoms. The van der Waals surface area contributed by atoms with Crippen LogP contribution in [0.5, 0.6) is 0 Å². The van der Waals surface area contributed by atoms with E-state index in [0.717, 1.165) is 5.56 Å². The molecular weight excluding hydrogens is 313 g/mol. The third-order valence-electron chi connectivity index (χ3n) is 5.36. The van der Waals surface area contributed by atoms with Crippen LogP contribution in [0.25, 0.3) is 0 Å². The van der Waals surface area contributed by atoms with Crippen LogP contribution in [0.2, 0.25) is 0 Å². The Balaban J connectivity index is 1.92. The highest BCUT2D eigenvalue weighted by Crippen LogP contribution is 2.52. The third-order valence-corrected chi connectivity index (χ3v) is 5.36. The molecule has 1 aliphatic rings. The van der Waals surface area contributed by atoms with Gasteiger partial charge in [-0.25, -0.2) is 9.37 Å². The molecule has 0 unspecified atom stereocenters. The first-order chi connectivity index (χ1) is 11.3. The number of rotatable bonds is 5.